The van der Waals surface area contributed by atoms with E-state index >= 15 is 0 Å². The van der Waals surface area contributed by atoms with Crippen LogP contribution >= 0.6 is 11.8 Å². The summed E-state index contributed by atoms with van der Waals surface area (Å²) in [6, 6.07) is 2.46. The molecule has 0 fully saturated rings. The molecule has 1 aromatic rings. The lowest BCUT2D eigenvalue weighted by Gasteiger charge is -2.07. The second-order valence-corrected chi connectivity index (χ2v) is 3.75. The Labute approximate surface area is 77.3 Å². The Hall–Kier alpha value is -0.480. The maximum absolute atomic E-state index is 5.50. The van der Waals surface area contributed by atoms with Crippen LogP contribution in [-0.4, -0.2) is 16.0 Å². The average Bonchev–Trinajstić information content (AvgIpc) is 2.47. The quantitative estimate of drug-likeness (QED) is 0.728. The minimum Gasteiger partial charge on any atom is -0.325 e. The van der Waals surface area contributed by atoms with Crippen molar-refractivity contribution in [3.05, 3.63) is 11.8 Å². The molecule has 0 aromatic carbocycles. The molecular formula is C8H15N3S. The van der Waals surface area contributed by atoms with Gasteiger partial charge in [-0.15, -0.1) is 11.8 Å². The Bertz CT molecular complexity index is 255. The van der Waals surface area contributed by atoms with Crippen molar-refractivity contribution in [2.45, 2.75) is 31.5 Å². The van der Waals surface area contributed by atoms with Crippen molar-refractivity contribution in [1.29, 1.82) is 0 Å². The second-order valence-electron chi connectivity index (χ2n) is 2.92. The molecule has 0 radical (unpaired) electrons. The minimum absolute atomic E-state index is 0.410. The van der Waals surface area contributed by atoms with E-state index in [1.807, 2.05) is 10.7 Å². The van der Waals surface area contributed by atoms with E-state index in [0.717, 1.165) is 5.69 Å². The fourth-order valence-electron chi connectivity index (χ4n) is 1.05. The minimum atomic E-state index is 0.410. The van der Waals surface area contributed by atoms with Crippen molar-refractivity contribution in [2.75, 3.05) is 6.26 Å². The van der Waals surface area contributed by atoms with E-state index in [0.29, 0.717) is 12.6 Å². The van der Waals surface area contributed by atoms with Gasteiger partial charge in [0.05, 0.1) is 10.7 Å². The van der Waals surface area contributed by atoms with Crippen molar-refractivity contribution in [2.24, 2.45) is 5.73 Å². The van der Waals surface area contributed by atoms with Crippen molar-refractivity contribution >= 4 is 11.8 Å². The molecule has 1 aromatic heterocycles. The number of hydrogen-bond donors (Lipinski definition) is 1. The van der Waals surface area contributed by atoms with Crippen LogP contribution in [0, 0.1) is 0 Å². The van der Waals surface area contributed by atoms with E-state index < -0.39 is 0 Å². The zero-order valence-electron chi connectivity index (χ0n) is 7.74. The van der Waals surface area contributed by atoms with Gasteiger partial charge < -0.3 is 5.73 Å². The molecular weight excluding hydrogens is 170 g/mol. The summed E-state index contributed by atoms with van der Waals surface area (Å²) in [5, 5.41) is 5.56. The summed E-state index contributed by atoms with van der Waals surface area (Å²) in [5.41, 5.74) is 6.47. The largest absolute Gasteiger partial charge is 0.325 e. The Morgan fingerprint density at radius 2 is 2.33 bits per heavy atom. The molecule has 1 heterocycles. The van der Waals surface area contributed by atoms with Gasteiger partial charge in [-0.2, -0.15) is 5.10 Å². The summed E-state index contributed by atoms with van der Waals surface area (Å²) in [6.45, 7) is 4.76. The lowest BCUT2D eigenvalue weighted by Crippen LogP contribution is -2.05. The normalized spacial score (nSPS) is 11.1. The highest BCUT2D eigenvalue weighted by Crippen LogP contribution is 2.19. The van der Waals surface area contributed by atoms with Crippen LogP contribution in [0.4, 0.5) is 0 Å². The zero-order chi connectivity index (χ0) is 9.14. The van der Waals surface area contributed by atoms with E-state index in [1.54, 1.807) is 11.8 Å². The monoisotopic (exact) mass is 185 g/mol. The summed E-state index contributed by atoms with van der Waals surface area (Å²) in [6.07, 6.45) is 2.05. The predicted octanol–water partition coefficient (Wildman–Crippen LogP) is 1.64. The van der Waals surface area contributed by atoms with Crippen molar-refractivity contribution in [3.63, 3.8) is 0 Å². The molecule has 0 aliphatic rings. The first-order valence-electron chi connectivity index (χ1n) is 4.01. The Morgan fingerprint density at radius 3 is 2.67 bits per heavy atom. The SMILES string of the molecule is CSc1cc(CN)nn1C(C)C. The Kier molecular flexibility index (Phi) is 3.17. The molecule has 0 saturated carbocycles. The highest BCUT2D eigenvalue weighted by Gasteiger charge is 2.07. The Morgan fingerprint density at radius 1 is 1.67 bits per heavy atom. The molecule has 68 valence electrons. The molecule has 12 heavy (non-hydrogen) atoms. The standard InChI is InChI=1S/C8H15N3S/c1-6(2)11-8(12-3)4-7(5-9)10-11/h4,6H,5,9H2,1-3H3. The van der Waals surface area contributed by atoms with Gasteiger partial charge in [0.2, 0.25) is 0 Å². The molecule has 0 amide bonds. The van der Waals surface area contributed by atoms with E-state index in [2.05, 4.69) is 25.2 Å². The maximum Gasteiger partial charge on any atom is 0.0943 e. The smallest absolute Gasteiger partial charge is 0.0943 e. The molecule has 0 spiro atoms. The molecule has 4 heteroatoms. The fourth-order valence-corrected chi connectivity index (χ4v) is 1.74. The molecule has 3 nitrogen and oxygen atoms in total. The van der Waals surface area contributed by atoms with Gasteiger partial charge in [0.1, 0.15) is 0 Å². The number of nitrogens with two attached hydrogens (primary N) is 1. The number of nitrogens with zero attached hydrogens (tertiary/aromatic N) is 2. The van der Waals surface area contributed by atoms with Crippen molar-refractivity contribution in [1.82, 2.24) is 9.78 Å². The maximum atomic E-state index is 5.50. The highest BCUT2D eigenvalue weighted by molar-refractivity contribution is 7.98. The summed E-state index contributed by atoms with van der Waals surface area (Å²) >= 11 is 1.70. The molecule has 2 N–H and O–H groups in total. The molecule has 0 aliphatic heterocycles. The van der Waals surface area contributed by atoms with E-state index in [1.165, 1.54) is 5.03 Å². The van der Waals surface area contributed by atoms with Crippen LogP contribution in [-0.2, 0) is 6.54 Å². The third kappa shape index (κ3) is 1.81. The van der Waals surface area contributed by atoms with Crippen LogP contribution in [0.1, 0.15) is 25.6 Å². The van der Waals surface area contributed by atoms with Crippen LogP contribution in [0.2, 0.25) is 0 Å². The predicted molar refractivity (Wildman–Crippen MR) is 52.3 cm³/mol. The highest BCUT2D eigenvalue weighted by atomic mass is 32.2. The molecule has 0 unspecified atom stereocenters. The van der Waals surface area contributed by atoms with Gasteiger partial charge in [-0.1, -0.05) is 0 Å². The van der Waals surface area contributed by atoms with Gasteiger partial charge >= 0.3 is 0 Å². The van der Waals surface area contributed by atoms with E-state index in [4.69, 9.17) is 5.73 Å². The zero-order valence-corrected chi connectivity index (χ0v) is 8.56. The molecule has 0 bridgehead atoms. The first kappa shape index (κ1) is 9.61. The lowest BCUT2D eigenvalue weighted by molar-refractivity contribution is 0.489. The topological polar surface area (TPSA) is 43.8 Å². The summed E-state index contributed by atoms with van der Waals surface area (Å²) in [4.78, 5) is 0. The van der Waals surface area contributed by atoms with Gasteiger partial charge in [0.15, 0.2) is 0 Å². The van der Waals surface area contributed by atoms with E-state index in [-0.39, 0.29) is 0 Å². The lowest BCUT2D eigenvalue weighted by atomic mass is 10.4. The molecule has 0 saturated heterocycles. The van der Waals surface area contributed by atoms with Gasteiger partial charge in [0, 0.05) is 12.6 Å². The number of thioether (sulfide) groups is 1. The number of rotatable bonds is 3. The fraction of sp³-hybridized carbons (Fsp3) is 0.625. The first-order chi connectivity index (χ1) is 5.69. The van der Waals surface area contributed by atoms with Crippen molar-refractivity contribution in [3.8, 4) is 0 Å². The van der Waals surface area contributed by atoms with Crippen LogP contribution in [0.3, 0.4) is 0 Å². The molecule has 0 aliphatic carbocycles. The number of aromatic nitrogens is 2. The summed E-state index contributed by atoms with van der Waals surface area (Å²) in [7, 11) is 0. The summed E-state index contributed by atoms with van der Waals surface area (Å²) < 4.78 is 2.01. The molecule has 1 rings (SSSR count). The third-order valence-electron chi connectivity index (χ3n) is 1.66. The van der Waals surface area contributed by atoms with Gasteiger partial charge in [-0.25, -0.2) is 0 Å². The van der Waals surface area contributed by atoms with Crippen LogP contribution in [0.15, 0.2) is 11.1 Å². The van der Waals surface area contributed by atoms with Gasteiger partial charge in [-0.05, 0) is 26.2 Å². The number of hydrogen-bond acceptors (Lipinski definition) is 3. The van der Waals surface area contributed by atoms with Crippen molar-refractivity contribution < 1.29 is 0 Å². The van der Waals surface area contributed by atoms with Crippen LogP contribution in [0.5, 0.6) is 0 Å². The van der Waals surface area contributed by atoms with Crippen LogP contribution < -0.4 is 5.73 Å². The van der Waals surface area contributed by atoms with Gasteiger partial charge in [0.25, 0.3) is 0 Å². The Balaban J connectivity index is 3.00. The van der Waals surface area contributed by atoms with Crippen LogP contribution in [0.25, 0.3) is 0 Å². The average molecular weight is 185 g/mol. The second kappa shape index (κ2) is 3.96. The van der Waals surface area contributed by atoms with Gasteiger partial charge in [-0.3, -0.25) is 4.68 Å². The van der Waals surface area contributed by atoms with E-state index in [9.17, 15) is 0 Å². The summed E-state index contributed by atoms with van der Waals surface area (Å²) in [5.74, 6) is 0. The first-order valence-corrected chi connectivity index (χ1v) is 5.24. The molecule has 0 atom stereocenters. The third-order valence-corrected chi connectivity index (χ3v) is 2.38.